The third kappa shape index (κ3) is 3.04. The van der Waals surface area contributed by atoms with Crippen LogP contribution in [0.5, 0.6) is 0 Å². The molecule has 82 valence electrons. The highest BCUT2D eigenvalue weighted by atomic mass is 35.5. The lowest BCUT2D eigenvalue weighted by Gasteiger charge is -2.06. The molecule has 1 aromatic rings. The Balaban J connectivity index is 2.02. The number of halogens is 1. The summed E-state index contributed by atoms with van der Waals surface area (Å²) in [4.78, 5) is 8.61. The Morgan fingerprint density at radius 2 is 2.33 bits per heavy atom. The third-order valence-corrected chi connectivity index (χ3v) is 2.46. The maximum atomic E-state index is 5.91. The van der Waals surface area contributed by atoms with Crippen molar-refractivity contribution in [1.82, 2.24) is 9.97 Å². The number of aromatic nitrogens is 2. The van der Waals surface area contributed by atoms with Crippen molar-refractivity contribution in [2.75, 3.05) is 25.6 Å². The average Bonchev–Trinajstić information content (AvgIpc) is 3.00. The van der Waals surface area contributed by atoms with Crippen molar-refractivity contribution in [2.24, 2.45) is 0 Å². The van der Waals surface area contributed by atoms with E-state index in [2.05, 4.69) is 15.3 Å². The van der Waals surface area contributed by atoms with Crippen LogP contribution in [0.2, 0.25) is 5.15 Å². The number of nitrogens with zero attached hydrogens (tertiary/aromatic N) is 2. The number of anilines is 1. The van der Waals surface area contributed by atoms with Gasteiger partial charge in [-0.2, -0.15) is 0 Å². The molecule has 5 heteroatoms. The molecule has 1 aliphatic carbocycles. The van der Waals surface area contributed by atoms with E-state index in [1.165, 1.54) is 12.8 Å². The standard InChI is InChI=1S/C10H14ClN3O/c1-15-5-4-12-9-6-8(11)13-10(14-9)7-2-3-7/h6-7H,2-5H2,1H3,(H,12,13,14). The Morgan fingerprint density at radius 3 is 3.00 bits per heavy atom. The Hall–Kier alpha value is -0.870. The van der Waals surface area contributed by atoms with Crippen LogP contribution in [0.4, 0.5) is 5.82 Å². The monoisotopic (exact) mass is 227 g/mol. The fourth-order valence-electron chi connectivity index (χ4n) is 1.33. The van der Waals surface area contributed by atoms with E-state index in [-0.39, 0.29) is 0 Å². The first-order valence-electron chi connectivity index (χ1n) is 5.07. The third-order valence-electron chi connectivity index (χ3n) is 2.27. The molecule has 1 N–H and O–H groups in total. The first-order chi connectivity index (χ1) is 7.29. The number of hydrogen-bond donors (Lipinski definition) is 1. The Morgan fingerprint density at radius 1 is 1.53 bits per heavy atom. The molecule has 1 aliphatic rings. The first kappa shape index (κ1) is 10.6. The van der Waals surface area contributed by atoms with Crippen LogP contribution in [0.3, 0.4) is 0 Å². The molecule has 1 heterocycles. The zero-order chi connectivity index (χ0) is 10.7. The van der Waals surface area contributed by atoms with Gasteiger partial charge in [0.25, 0.3) is 0 Å². The van der Waals surface area contributed by atoms with Gasteiger partial charge in [0.2, 0.25) is 0 Å². The van der Waals surface area contributed by atoms with Crippen LogP contribution >= 0.6 is 11.6 Å². The minimum absolute atomic E-state index is 0.506. The highest BCUT2D eigenvalue weighted by Crippen LogP contribution is 2.38. The van der Waals surface area contributed by atoms with Gasteiger partial charge < -0.3 is 10.1 Å². The van der Waals surface area contributed by atoms with Gasteiger partial charge in [-0.15, -0.1) is 0 Å². The Bertz CT molecular complexity index is 341. The maximum Gasteiger partial charge on any atom is 0.135 e. The maximum absolute atomic E-state index is 5.91. The predicted octanol–water partition coefficient (Wildman–Crippen LogP) is 2.07. The molecule has 15 heavy (non-hydrogen) atoms. The van der Waals surface area contributed by atoms with E-state index in [1.807, 2.05) is 0 Å². The summed E-state index contributed by atoms with van der Waals surface area (Å²) in [6.07, 6.45) is 2.36. The summed E-state index contributed by atoms with van der Waals surface area (Å²) in [7, 11) is 1.67. The minimum atomic E-state index is 0.506. The van der Waals surface area contributed by atoms with E-state index < -0.39 is 0 Å². The van der Waals surface area contributed by atoms with Crippen LogP contribution in [0, 0.1) is 0 Å². The van der Waals surface area contributed by atoms with E-state index in [4.69, 9.17) is 16.3 Å². The molecule has 0 amide bonds. The molecule has 0 aliphatic heterocycles. The van der Waals surface area contributed by atoms with Gasteiger partial charge in [0.1, 0.15) is 16.8 Å². The van der Waals surface area contributed by atoms with Crippen molar-refractivity contribution < 1.29 is 4.74 Å². The van der Waals surface area contributed by atoms with E-state index in [1.54, 1.807) is 13.2 Å². The molecular formula is C10H14ClN3O. The fourth-order valence-corrected chi connectivity index (χ4v) is 1.52. The van der Waals surface area contributed by atoms with Crippen LogP contribution in [-0.4, -0.2) is 30.2 Å². The van der Waals surface area contributed by atoms with Crippen LogP contribution < -0.4 is 5.32 Å². The fraction of sp³-hybridized carbons (Fsp3) is 0.600. The molecule has 0 aromatic carbocycles. The largest absolute Gasteiger partial charge is 0.383 e. The summed E-state index contributed by atoms with van der Waals surface area (Å²) in [5, 5.41) is 3.66. The molecule has 0 saturated heterocycles. The van der Waals surface area contributed by atoms with Gasteiger partial charge in [0, 0.05) is 25.6 Å². The quantitative estimate of drug-likeness (QED) is 0.618. The van der Waals surface area contributed by atoms with Gasteiger partial charge in [0.15, 0.2) is 0 Å². The molecule has 1 saturated carbocycles. The molecule has 0 radical (unpaired) electrons. The molecule has 0 spiro atoms. The van der Waals surface area contributed by atoms with Crippen molar-refractivity contribution in [3.63, 3.8) is 0 Å². The number of hydrogen-bond acceptors (Lipinski definition) is 4. The summed E-state index contributed by atoms with van der Waals surface area (Å²) in [6, 6.07) is 1.74. The predicted molar refractivity (Wildman–Crippen MR) is 59.4 cm³/mol. The normalized spacial score (nSPS) is 15.3. The average molecular weight is 228 g/mol. The number of ether oxygens (including phenoxy) is 1. The van der Waals surface area contributed by atoms with Gasteiger partial charge >= 0.3 is 0 Å². The Kier molecular flexibility index (Phi) is 3.38. The molecule has 0 bridgehead atoms. The van der Waals surface area contributed by atoms with Gasteiger partial charge in [0.05, 0.1) is 6.61 Å². The molecule has 0 unspecified atom stereocenters. The highest BCUT2D eigenvalue weighted by Gasteiger charge is 2.27. The lowest BCUT2D eigenvalue weighted by Crippen LogP contribution is -2.10. The lowest BCUT2D eigenvalue weighted by atomic mass is 10.4. The molecule has 1 fully saturated rings. The molecular weight excluding hydrogens is 214 g/mol. The van der Waals surface area contributed by atoms with Crippen molar-refractivity contribution in [1.29, 1.82) is 0 Å². The number of methoxy groups -OCH3 is 1. The molecule has 1 aromatic heterocycles. The lowest BCUT2D eigenvalue weighted by molar-refractivity contribution is 0.210. The van der Waals surface area contributed by atoms with Crippen LogP contribution in [0.1, 0.15) is 24.6 Å². The van der Waals surface area contributed by atoms with Gasteiger partial charge in [-0.05, 0) is 12.8 Å². The van der Waals surface area contributed by atoms with Crippen molar-refractivity contribution in [3.8, 4) is 0 Å². The van der Waals surface area contributed by atoms with Crippen molar-refractivity contribution in [3.05, 3.63) is 17.0 Å². The molecule has 0 atom stereocenters. The summed E-state index contributed by atoms with van der Waals surface area (Å²) in [5.74, 6) is 2.17. The summed E-state index contributed by atoms with van der Waals surface area (Å²) in [5.41, 5.74) is 0. The smallest absolute Gasteiger partial charge is 0.135 e. The minimum Gasteiger partial charge on any atom is -0.383 e. The zero-order valence-electron chi connectivity index (χ0n) is 8.66. The van der Waals surface area contributed by atoms with E-state index >= 15 is 0 Å². The van der Waals surface area contributed by atoms with E-state index in [0.29, 0.717) is 17.7 Å². The number of rotatable bonds is 5. The zero-order valence-corrected chi connectivity index (χ0v) is 9.42. The van der Waals surface area contributed by atoms with Crippen LogP contribution in [-0.2, 0) is 4.74 Å². The highest BCUT2D eigenvalue weighted by molar-refractivity contribution is 6.29. The molecule has 4 nitrogen and oxygen atoms in total. The summed E-state index contributed by atoms with van der Waals surface area (Å²) < 4.78 is 4.94. The number of nitrogens with one attached hydrogen (secondary N) is 1. The van der Waals surface area contributed by atoms with E-state index in [9.17, 15) is 0 Å². The van der Waals surface area contributed by atoms with Gasteiger partial charge in [-0.1, -0.05) is 11.6 Å². The molecule has 2 rings (SSSR count). The SMILES string of the molecule is COCCNc1cc(Cl)nc(C2CC2)n1. The second kappa shape index (κ2) is 4.77. The van der Waals surface area contributed by atoms with E-state index in [0.717, 1.165) is 18.2 Å². The first-order valence-corrected chi connectivity index (χ1v) is 5.44. The van der Waals surface area contributed by atoms with Crippen molar-refractivity contribution in [2.45, 2.75) is 18.8 Å². The summed E-state index contributed by atoms with van der Waals surface area (Å²) >= 11 is 5.91. The van der Waals surface area contributed by atoms with Gasteiger partial charge in [-0.25, -0.2) is 9.97 Å². The Labute approximate surface area is 94.0 Å². The second-order valence-corrected chi connectivity index (χ2v) is 4.02. The van der Waals surface area contributed by atoms with Crippen molar-refractivity contribution >= 4 is 17.4 Å². The second-order valence-electron chi connectivity index (χ2n) is 3.63. The van der Waals surface area contributed by atoms with Crippen LogP contribution in [0.15, 0.2) is 6.07 Å². The summed E-state index contributed by atoms with van der Waals surface area (Å²) in [6.45, 7) is 1.38. The van der Waals surface area contributed by atoms with Gasteiger partial charge in [-0.3, -0.25) is 0 Å². The van der Waals surface area contributed by atoms with Crippen LogP contribution in [0.25, 0.3) is 0 Å². The topological polar surface area (TPSA) is 47.0 Å².